The van der Waals surface area contributed by atoms with Crippen molar-refractivity contribution in [1.82, 2.24) is 6.15 Å². The molecule has 0 aliphatic carbocycles. The molecule has 0 aliphatic heterocycles. The first-order chi connectivity index (χ1) is 31.8. The summed E-state index contributed by atoms with van der Waals surface area (Å²) in [6.45, 7) is 0. The van der Waals surface area contributed by atoms with Crippen LogP contribution in [0.4, 0.5) is 26.3 Å². The number of nitrogens with one attached hydrogen (secondary N) is 1. The van der Waals surface area contributed by atoms with Crippen molar-refractivity contribution in [1.29, 1.82) is 5.41 Å². The Hall–Kier alpha value is -3.84. The van der Waals surface area contributed by atoms with Crippen LogP contribution in [0.1, 0.15) is 32.6 Å². The minimum atomic E-state index is -5.84. The highest BCUT2D eigenvalue weighted by molar-refractivity contribution is 9.11. The van der Waals surface area contributed by atoms with Crippen LogP contribution >= 0.6 is 117 Å². The summed E-state index contributed by atoms with van der Waals surface area (Å²) in [5, 5.41) is 46.4. The number of alkyl halides is 3. The monoisotopic (exact) mass is 1310 g/mol. The number of halogens is 15. The molecule has 0 fully saturated rings. The van der Waals surface area contributed by atoms with Gasteiger partial charge < -0.3 is 32.0 Å². The Balaban J connectivity index is 0.000000458. The number of hydrogen-bond acceptors (Lipinski definition) is 9. The van der Waals surface area contributed by atoms with E-state index in [-0.39, 0.29) is 68.8 Å². The third-order valence-corrected chi connectivity index (χ3v) is 12.1. The number of carboxylic acids is 1. The number of ketones is 1. The number of aliphatic carboxylic acids is 1. The molecule has 0 amide bonds. The van der Waals surface area contributed by atoms with Crippen LogP contribution in [-0.2, 0) is 34.2 Å². The number of hydrogen-bond donors (Lipinski definition) is 7. The molecular formula is C43H31Br3Cl6F6N2O9S. The minimum absolute atomic E-state index is 0. The van der Waals surface area contributed by atoms with Crippen molar-refractivity contribution in [3.05, 3.63) is 186 Å². The van der Waals surface area contributed by atoms with Gasteiger partial charge in [-0.15, -0.1) is 0 Å². The third kappa shape index (κ3) is 21.9. The van der Waals surface area contributed by atoms with Gasteiger partial charge in [-0.2, -0.15) is 21.6 Å². The maximum Gasteiger partial charge on any atom is 0.522 e. The molecule has 0 bridgehead atoms. The highest BCUT2D eigenvalue weighted by atomic mass is 79.9. The van der Waals surface area contributed by atoms with Gasteiger partial charge in [0.15, 0.2) is 5.78 Å². The number of phenolic OH excluding ortho intramolecular Hbond substituents is 3. The Kier molecular flexibility index (Phi) is 26.6. The smallest absolute Gasteiger partial charge is 0.508 e. The highest BCUT2D eigenvalue weighted by Crippen LogP contribution is 2.31. The van der Waals surface area contributed by atoms with Crippen molar-refractivity contribution in [2.75, 3.05) is 0 Å². The average Bonchev–Trinajstić information content (AvgIpc) is 3.18. The molecule has 0 spiro atoms. The van der Waals surface area contributed by atoms with Gasteiger partial charge in [-0.1, -0.05) is 117 Å². The molecule has 70 heavy (non-hydrogen) atoms. The molecule has 6 aromatic rings. The molecule has 0 atom stereocenters. The van der Waals surface area contributed by atoms with Crippen molar-refractivity contribution in [3.63, 3.8) is 0 Å². The lowest BCUT2D eigenvalue weighted by atomic mass is 10.0. The summed E-state index contributed by atoms with van der Waals surface area (Å²) < 4.78 is 99.5. The van der Waals surface area contributed by atoms with Crippen molar-refractivity contribution < 1.29 is 69.3 Å². The van der Waals surface area contributed by atoms with E-state index >= 15 is 0 Å². The SMILES string of the molecule is N.N=C(Cc1cc(Cl)ccc1Br)c1c(O)cc(Cl)cc1F.O=C(Cc1cc(Cl)ccc1Br)c1c(O)cc(Cl)cc1F.O=C(O)Cc1cc(Cl)ccc1Br.O=S(=O)(O)C(F)(F)F.Oc1cc(F)cc(Cl)c1. The van der Waals surface area contributed by atoms with Crippen LogP contribution in [0.25, 0.3) is 0 Å². The molecule has 9 N–H and O–H groups in total. The van der Waals surface area contributed by atoms with Crippen LogP contribution in [-0.4, -0.2) is 56.4 Å². The number of phenols is 3. The van der Waals surface area contributed by atoms with Gasteiger partial charge >= 0.3 is 21.6 Å². The fourth-order valence-corrected chi connectivity index (χ4v) is 7.33. The zero-order valence-corrected chi connectivity index (χ0v) is 44.6. The molecule has 0 aliphatic rings. The van der Waals surface area contributed by atoms with E-state index < -0.39 is 50.6 Å². The number of rotatable bonds is 8. The molecule has 0 unspecified atom stereocenters. The number of Topliss-reactive ketones (excluding diaryl/α,β-unsaturated/α-hetero) is 1. The summed E-state index contributed by atoms with van der Waals surface area (Å²) >= 11 is 43.9. The lowest BCUT2D eigenvalue weighted by molar-refractivity contribution is -0.136. The topological polar surface area (TPSA) is 228 Å². The van der Waals surface area contributed by atoms with Crippen LogP contribution < -0.4 is 6.15 Å². The lowest BCUT2D eigenvalue weighted by Gasteiger charge is -2.10. The van der Waals surface area contributed by atoms with Gasteiger partial charge in [0.2, 0.25) is 0 Å². The van der Waals surface area contributed by atoms with Gasteiger partial charge in [0.25, 0.3) is 0 Å². The van der Waals surface area contributed by atoms with Gasteiger partial charge in [-0.3, -0.25) is 14.1 Å². The molecule has 378 valence electrons. The lowest BCUT2D eigenvalue weighted by Crippen LogP contribution is -2.21. The van der Waals surface area contributed by atoms with Crippen molar-refractivity contribution >= 4 is 145 Å². The van der Waals surface area contributed by atoms with Crippen LogP contribution in [0.3, 0.4) is 0 Å². The summed E-state index contributed by atoms with van der Waals surface area (Å²) in [6, 6.07) is 23.0. The molecule has 0 radical (unpaired) electrons. The normalized spacial score (nSPS) is 10.6. The number of aromatic hydroxyl groups is 3. The quantitative estimate of drug-likeness (QED) is 0.0251. The average molecular weight is 1320 g/mol. The third-order valence-electron chi connectivity index (χ3n) is 7.87. The van der Waals surface area contributed by atoms with E-state index in [2.05, 4.69) is 47.8 Å². The number of carbonyl (C=O) groups is 2. The second-order valence-electron chi connectivity index (χ2n) is 13.1. The van der Waals surface area contributed by atoms with E-state index in [4.69, 9.17) is 98.2 Å². The van der Waals surface area contributed by atoms with Gasteiger partial charge in [-0.05, 0) is 108 Å². The summed E-state index contributed by atoms with van der Waals surface area (Å²) in [7, 11) is -5.84. The standard InChI is InChI=1S/C14H9BrCl2FNO.C14H8BrCl2FO2.C8H6BrClO2.C6H4ClFO.CHF3O3S.H3N/c2*15-10-2-1-8(16)3-7(10)4-12(19)14-11(18)5-9(17)6-13(14)20;9-7-2-1-6(10)3-5(7)4-8(11)12;7-4-1-5(8)3-6(9)2-4;2-1(3,4)8(5,6)7;/h1-3,5-6,19-20H,4H2;1-3,5-6,20H,4H2;1-3H,4H2,(H,11,12);1-3,9H;(H,5,6,7);1H3. The molecule has 6 rings (SSSR count). The molecule has 27 heteroatoms. The Morgan fingerprint density at radius 2 is 0.914 bits per heavy atom. The number of carbonyl (C=O) groups excluding carboxylic acids is 1. The first-order valence-corrected chi connectivity index (χ1v) is 24.1. The fourth-order valence-electron chi connectivity index (χ4n) is 4.97. The fraction of sp³-hybridized carbons (Fsp3) is 0.0930. The second-order valence-corrected chi connectivity index (χ2v) is 19.7. The molecular weight excluding hydrogens is 1290 g/mol. The Bertz CT molecular complexity index is 2750. The molecule has 0 saturated heterocycles. The van der Waals surface area contributed by atoms with E-state index in [0.29, 0.717) is 30.7 Å². The first kappa shape index (κ1) is 64.2. The molecule has 0 saturated carbocycles. The molecule has 0 heterocycles. The van der Waals surface area contributed by atoms with Crippen LogP contribution in [0.5, 0.6) is 17.2 Å². The minimum Gasteiger partial charge on any atom is -0.508 e. The van der Waals surface area contributed by atoms with Crippen molar-refractivity contribution in [2.45, 2.75) is 24.8 Å². The summed E-state index contributed by atoms with van der Waals surface area (Å²) in [6.07, 6.45) is 0.0294. The van der Waals surface area contributed by atoms with Gasteiger partial charge in [0.1, 0.15) is 34.7 Å². The first-order valence-electron chi connectivity index (χ1n) is 18.0. The summed E-state index contributed by atoms with van der Waals surface area (Å²) in [4.78, 5) is 22.5. The van der Waals surface area contributed by atoms with Gasteiger partial charge in [-0.25, -0.2) is 13.2 Å². The Morgan fingerprint density at radius 3 is 1.26 bits per heavy atom. The number of benzene rings is 6. The number of carboxylic acid groups (broad SMARTS) is 1. The summed E-state index contributed by atoms with van der Waals surface area (Å²) in [5.74, 6) is -4.50. The predicted octanol–water partition coefficient (Wildman–Crippen LogP) is 15.7. The molecule has 11 nitrogen and oxygen atoms in total. The zero-order valence-electron chi connectivity index (χ0n) is 34.5. The maximum atomic E-state index is 13.8. The predicted molar refractivity (Wildman–Crippen MR) is 269 cm³/mol. The van der Waals surface area contributed by atoms with Gasteiger partial charge in [0.05, 0.1) is 17.5 Å². The largest absolute Gasteiger partial charge is 0.522 e. The zero-order chi connectivity index (χ0) is 52.7. The van der Waals surface area contributed by atoms with Crippen molar-refractivity contribution in [2.24, 2.45) is 0 Å². The van der Waals surface area contributed by atoms with Crippen LogP contribution in [0.2, 0.25) is 30.1 Å². The maximum absolute atomic E-state index is 13.8. The van der Waals surface area contributed by atoms with Crippen LogP contribution in [0.15, 0.2) is 110 Å². The van der Waals surface area contributed by atoms with Gasteiger partial charge in [0, 0.05) is 68.2 Å². The molecule has 0 aromatic heterocycles. The van der Waals surface area contributed by atoms with E-state index in [1.54, 1.807) is 54.6 Å². The van der Waals surface area contributed by atoms with E-state index in [0.717, 1.165) is 44.8 Å². The Morgan fingerprint density at radius 1 is 0.557 bits per heavy atom. The highest BCUT2D eigenvalue weighted by Gasteiger charge is 2.44. The Labute approximate surface area is 450 Å². The second kappa shape index (κ2) is 29.0. The molecule has 6 aromatic carbocycles. The van der Waals surface area contributed by atoms with E-state index in [1.807, 2.05) is 0 Å². The van der Waals surface area contributed by atoms with Crippen LogP contribution in [0, 0.1) is 22.9 Å². The van der Waals surface area contributed by atoms with Crippen molar-refractivity contribution in [3.8, 4) is 17.2 Å². The summed E-state index contributed by atoms with van der Waals surface area (Å²) in [5.41, 5.74) is -4.09. The van der Waals surface area contributed by atoms with E-state index in [9.17, 15) is 46.1 Å². The van der Waals surface area contributed by atoms with E-state index in [1.165, 1.54) is 12.1 Å².